The number of ether oxygens (including phenoxy) is 1. The Morgan fingerprint density at radius 2 is 1.77 bits per heavy atom. The zero-order valence-corrected chi connectivity index (χ0v) is 16.3. The van der Waals surface area contributed by atoms with E-state index in [1.165, 1.54) is 30.4 Å². The van der Waals surface area contributed by atoms with Gasteiger partial charge in [0.05, 0.1) is 29.5 Å². The van der Waals surface area contributed by atoms with E-state index < -0.39 is 23.6 Å². The molecule has 0 spiro atoms. The molecule has 0 N–H and O–H groups in total. The first kappa shape index (κ1) is 21.3. The SMILES string of the molecule is COC(=O)/C=C1\S/C(=N\N=C\c2ccc(C(F)(F)F)cc2)N(c2ccccc2)C1=O. The average molecular weight is 433 g/mol. The maximum atomic E-state index is 12.7. The van der Waals surface area contributed by atoms with E-state index in [0.29, 0.717) is 11.3 Å². The molecule has 1 aliphatic rings. The van der Waals surface area contributed by atoms with E-state index in [2.05, 4.69) is 14.9 Å². The van der Waals surface area contributed by atoms with Gasteiger partial charge in [-0.2, -0.15) is 18.3 Å². The average Bonchev–Trinajstić information content (AvgIpc) is 3.03. The van der Waals surface area contributed by atoms with Crippen LogP contribution in [0.4, 0.5) is 18.9 Å². The van der Waals surface area contributed by atoms with Gasteiger partial charge in [-0.05, 0) is 41.6 Å². The largest absolute Gasteiger partial charge is 0.466 e. The Morgan fingerprint density at radius 1 is 1.10 bits per heavy atom. The Hall–Kier alpha value is -3.40. The minimum atomic E-state index is -4.42. The fraction of sp³-hybridized carbons (Fsp3) is 0.100. The molecule has 0 unspecified atom stereocenters. The Bertz CT molecular complexity index is 1030. The molecule has 3 rings (SSSR count). The molecule has 154 valence electrons. The van der Waals surface area contributed by atoms with Gasteiger partial charge < -0.3 is 4.74 Å². The molecule has 2 aromatic carbocycles. The van der Waals surface area contributed by atoms with Crippen molar-refractivity contribution in [2.45, 2.75) is 6.18 Å². The molecule has 30 heavy (non-hydrogen) atoms. The number of alkyl halides is 3. The summed E-state index contributed by atoms with van der Waals surface area (Å²) in [6, 6.07) is 13.0. The molecule has 0 radical (unpaired) electrons. The van der Waals surface area contributed by atoms with E-state index in [1.54, 1.807) is 30.3 Å². The highest BCUT2D eigenvalue weighted by Crippen LogP contribution is 2.35. The van der Waals surface area contributed by atoms with Gasteiger partial charge in [0.15, 0.2) is 0 Å². The predicted octanol–water partition coefficient (Wildman–Crippen LogP) is 4.23. The molecule has 2 aromatic rings. The number of carbonyl (C=O) groups excluding carboxylic acids is 2. The highest BCUT2D eigenvalue weighted by Gasteiger charge is 2.35. The van der Waals surface area contributed by atoms with Crippen LogP contribution in [0.1, 0.15) is 11.1 Å². The molecule has 1 heterocycles. The molecule has 6 nitrogen and oxygen atoms in total. The second-order valence-corrected chi connectivity index (χ2v) is 6.87. The molecule has 0 aromatic heterocycles. The smallest absolute Gasteiger partial charge is 0.416 e. The summed E-state index contributed by atoms with van der Waals surface area (Å²) < 4.78 is 42.5. The second-order valence-electron chi connectivity index (χ2n) is 5.86. The number of para-hydroxylation sites is 1. The van der Waals surface area contributed by atoms with Gasteiger partial charge in [-0.3, -0.25) is 9.69 Å². The van der Waals surface area contributed by atoms with E-state index in [9.17, 15) is 22.8 Å². The van der Waals surface area contributed by atoms with Crippen LogP contribution in [0.3, 0.4) is 0 Å². The van der Waals surface area contributed by atoms with E-state index in [0.717, 1.165) is 30.0 Å². The van der Waals surface area contributed by atoms with Crippen molar-refractivity contribution in [2.24, 2.45) is 10.2 Å². The Labute approximate surface area is 173 Å². The van der Waals surface area contributed by atoms with Crippen molar-refractivity contribution in [2.75, 3.05) is 12.0 Å². The van der Waals surface area contributed by atoms with Gasteiger partial charge in [-0.1, -0.05) is 30.3 Å². The monoisotopic (exact) mass is 433 g/mol. The number of benzene rings is 2. The molecule has 1 amide bonds. The zero-order chi connectivity index (χ0) is 21.7. The minimum Gasteiger partial charge on any atom is -0.466 e. The highest BCUT2D eigenvalue weighted by molar-refractivity contribution is 8.19. The molecule has 10 heteroatoms. The number of nitrogens with zero attached hydrogens (tertiary/aromatic N) is 3. The molecule has 1 aliphatic heterocycles. The molecular weight excluding hydrogens is 419 g/mol. The summed E-state index contributed by atoms with van der Waals surface area (Å²) >= 11 is 0.931. The number of thioether (sulfide) groups is 1. The number of anilines is 1. The van der Waals surface area contributed by atoms with E-state index in [1.807, 2.05) is 0 Å². The molecule has 0 atom stereocenters. The lowest BCUT2D eigenvalue weighted by molar-refractivity contribution is -0.137. The predicted molar refractivity (Wildman–Crippen MR) is 108 cm³/mol. The topological polar surface area (TPSA) is 71.3 Å². The summed E-state index contributed by atoms with van der Waals surface area (Å²) in [4.78, 5) is 25.6. The summed E-state index contributed by atoms with van der Waals surface area (Å²) in [5, 5.41) is 8.09. The van der Waals surface area contributed by atoms with Crippen molar-refractivity contribution < 1.29 is 27.5 Å². The van der Waals surface area contributed by atoms with Crippen molar-refractivity contribution >= 4 is 40.7 Å². The van der Waals surface area contributed by atoms with Crippen LogP contribution in [0.25, 0.3) is 0 Å². The summed E-state index contributed by atoms with van der Waals surface area (Å²) in [7, 11) is 1.20. The zero-order valence-electron chi connectivity index (χ0n) is 15.5. The van der Waals surface area contributed by atoms with Crippen LogP contribution < -0.4 is 4.90 Å². The fourth-order valence-electron chi connectivity index (χ4n) is 2.41. The Kier molecular flexibility index (Phi) is 6.36. The van der Waals surface area contributed by atoms with Crippen molar-refractivity contribution in [1.29, 1.82) is 0 Å². The van der Waals surface area contributed by atoms with Crippen molar-refractivity contribution in [3.8, 4) is 0 Å². The van der Waals surface area contributed by atoms with Crippen LogP contribution >= 0.6 is 11.8 Å². The second kappa shape index (κ2) is 8.95. The lowest BCUT2D eigenvalue weighted by Crippen LogP contribution is -2.28. The summed E-state index contributed by atoms with van der Waals surface area (Å²) in [6.07, 6.45) is -2.09. The van der Waals surface area contributed by atoms with Crippen LogP contribution in [0.2, 0.25) is 0 Å². The number of amides is 1. The third-order valence-corrected chi connectivity index (χ3v) is 4.82. The van der Waals surface area contributed by atoms with E-state index >= 15 is 0 Å². The highest BCUT2D eigenvalue weighted by atomic mass is 32.2. The first-order valence-electron chi connectivity index (χ1n) is 8.45. The van der Waals surface area contributed by atoms with Gasteiger partial charge in [-0.25, -0.2) is 4.79 Å². The first-order chi connectivity index (χ1) is 14.3. The van der Waals surface area contributed by atoms with E-state index in [4.69, 9.17) is 0 Å². The number of hydrogen-bond acceptors (Lipinski definition) is 6. The van der Waals surface area contributed by atoms with Crippen molar-refractivity contribution in [3.63, 3.8) is 0 Å². The molecule has 1 fully saturated rings. The van der Waals surface area contributed by atoms with Gasteiger partial charge in [0.2, 0.25) is 5.17 Å². The van der Waals surface area contributed by atoms with Gasteiger partial charge >= 0.3 is 12.1 Å². The normalized spacial score (nSPS) is 17.3. The van der Waals surface area contributed by atoms with Crippen molar-refractivity contribution in [1.82, 2.24) is 0 Å². The quantitative estimate of drug-likeness (QED) is 0.313. The van der Waals surface area contributed by atoms with Crippen LogP contribution in [0, 0.1) is 0 Å². The third-order valence-electron chi connectivity index (χ3n) is 3.86. The Morgan fingerprint density at radius 3 is 2.37 bits per heavy atom. The Balaban J connectivity index is 1.88. The third kappa shape index (κ3) is 4.95. The van der Waals surface area contributed by atoms with Crippen molar-refractivity contribution in [3.05, 3.63) is 76.7 Å². The van der Waals surface area contributed by atoms with Crippen LogP contribution in [0.15, 0.2) is 75.8 Å². The molecule has 0 aliphatic carbocycles. The lowest BCUT2D eigenvalue weighted by atomic mass is 10.1. The number of hydrogen-bond donors (Lipinski definition) is 0. The summed E-state index contributed by atoms with van der Waals surface area (Å²) in [5.74, 6) is -1.16. The maximum Gasteiger partial charge on any atom is 0.416 e. The van der Waals surface area contributed by atoms with E-state index in [-0.39, 0.29) is 10.1 Å². The lowest BCUT2D eigenvalue weighted by Gasteiger charge is -2.14. The van der Waals surface area contributed by atoms with Gasteiger partial charge in [-0.15, -0.1) is 5.10 Å². The molecular formula is C20H14F3N3O3S. The summed E-state index contributed by atoms with van der Waals surface area (Å²) in [6.45, 7) is 0. The van der Waals surface area contributed by atoms with Gasteiger partial charge in [0.25, 0.3) is 5.91 Å². The molecule has 0 saturated carbocycles. The first-order valence-corrected chi connectivity index (χ1v) is 9.26. The van der Waals surface area contributed by atoms with Crippen LogP contribution in [-0.4, -0.2) is 30.4 Å². The molecule has 1 saturated heterocycles. The standard InChI is InChI=1S/C20H14F3N3O3S/c1-29-17(27)11-16-18(28)26(15-5-3-2-4-6-15)19(30-16)25-24-12-13-7-9-14(10-8-13)20(21,22)23/h2-12H,1H3/b16-11-,24-12+,25-19-. The number of esters is 1. The molecule has 0 bridgehead atoms. The number of carbonyl (C=O) groups is 2. The van der Waals surface area contributed by atoms with Gasteiger partial charge in [0, 0.05) is 6.08 Å². The number of halogens is 3. The fourth-order valence-corrected chi connectivity index (χ4v) is 3.31. The number of amidine groups is 1. The van der Waals surface area contributed by atoms with Crippen LogP contribution in [-0.2, 0) is 20.5 Å². The maximum absolute atomic E-state index is 12.7. The number of rotatable bonds is 4. The summed E-state index contributed by atoms with van der Waals surface area (Å²) in [5.41, 5.74) is 0.153. The van der Waals surface area contributed by atoms with Crippen LogP contribution in [0.5, 0.6) is 0 Å². The minimum absolute atomic E-state index is 0.106. The number of methoxy groups -OCH3 is 1. The van der Waals surface area contributed by atoms with Gasteiger partial charge in [0.1, 0.15) is 0 Å².